The molecule has 2 aromatic carbocycles. The van der Waals surface area contributed by atoms with Crippen molar-refractivity contribution < 1.29 is 4.39 Å². The fourth-order valence-corrected chi connectivity index (χ4v) is 2.25. The smallest absolute Gasteiger partial charge is 0.132 e. The quantitative estimate of drug-likeness (QED) is 0.656. The summed E-state index contributed by atoms with van der Waals surface area (Å²) in [7, 11) is 0. The molecule has 4 heteroatoms. The Bertz CT molecular complexity index is 771. The van der Waals surface area contributed by atoms with E-state index in [1.807, 2.05) is 6.07 Å². The van der Waals surface area contributed by atoms with E-state index in [-0.39, 0.29) is 5.82 Å². The third-order valence-electron chi connectivity index (χ3n) is 2.90. The van der Waals surface area contributed by atoms with Crippen molar-refractivity contribution in [3.8, 4) is 11.3 Å². The molecule has 3 rings (SSSR count). The lowest BCUT2D eigenvalue weighted by molar-refractivity contribution is 0.631. The van der Waals surface area contributed by atoms with E-state index in [1.165, 1.54) is 6.07 Å². The normalized spacial score (nSPS) is 10.9. The van der Waals surface area contributed by atoms with Crippen LogP contribution in [0.5, 0.6) is 0 Å². The van der Waals surface area contributed by atoms with Gasteiger partial charge >= 0.3 is 0 Å². The fraction of sp³-hybridized carbons (Fsp3) is 0.0667. The number of benzene rings is 2. The van der Waals surface area contributed by atoms with Gasteiger partial charge in [-0.05, 0) is 37.3 Å². The lowest BCUT2D eigenvalue weighted by Crippen LogP contribution is -1.95. The molecule has 0 atom stereocenters. The van der Waals surface area contributed by atoms with Gasteiger partial charge in [0, 0.05) is 16.0 Å². The van der Waals surface area contributed by atoms with Gasteiger partial charge < -0.3 is 0 Å². The zero-order chi connectivity index (χ0) is 13.4. The predicted molar refractivity (Wildman–Crippen MR) is 74.7 cm³/mol. The number of fused-ring (bicyclic) bond motifs is 1. The van der Waals surface area contributed by atoms with Crippen LogP contribution in [0.3, 0.4) is 0 Å². The number of hydrogen-bond donors (Lipinski definition) is 0. The standard InChI is InChI=1S/C15H10ClFN2/c1-9-18-14-7-6-10(16)8-12(14)15(19-9)11-4-2-3-5-13(11)17/h2-8H,1H3. The van der Waals surface area contributed by atoms with E-state index in [0.717, 1.165) is 10.9 Å². The van der Waals surface area contributed by atoms with E-state index in [9.17, 15) is 4.39 Å². The molecule has 0 unspecified atom stereocenters. The van der Waals surface area contributed by atoms with Gasteiger partial charge in [0.2, 0.25) is 0 Å². The molecule has 94 valence electrons. The summed E-state index contributed by atoms with van der Waals surface area (Å²) in [6, 6.07) is 11.9. The van der Waals surface area contributed by atoms with Crippen LogP contribution >= 0.6 is 11.6 Å². The lowest BCUT2D eigenvalue weighted by Gasteiger charge is -2.08. The van der Waals surface area contributed by atoms with Gasteiger partial charge in [-0.1, -0.05) is 23.7 Å². The number of aryl methyl sites for hydroxylation is 1. The molecule has 0 aliphatic rings. The first-order valence-electron chi connectivity index (χ1n) is 5.84. The van der Waals surface area contributed by atoms with E-state index in [0.29, 0.717) is 22.1 Å². The van der Waals surface area contributed by atoms with Crippen molar-refractivity contribution in [2.24, 2.45) is 0 Å². The second kappa shape index (κ2) is 4.59. The first kappa shape index (κ1) is 12.1. The maximum absolute atomic E-state index is 13.9. The first-order chi connectivity index (χ1) is 9.15. The van der Waals surface area contributed by atoms with Crippen LogP contribution in [0.15, 0.2) is 42.5 Å². The van der Waals surface area contributed by atoms with Crippen LogP contribution in [0, 0.1) is 12.7 Å². The maximum Gasteiger partial charge on any atom is 0.132 e. The summed E-state index contributed by atoms with van der Waals surface area (Å²) in [5.41, 5.74) is 1.79. The van der Waals surface area contributed by atoms with Crippen LogP contribution in [-0.2, 0) is 0 Å². The zero-order valence-corrected chi connectivity index (χ0v) is 10.9. The highest BCUT2D eigenvalue weighted by molar-refractivity contribution is 6.31. The van der Waals surface area contributed by atoms with Crippen molar-refractivity contribution in [2.75, 3.05) is 0 Å². The van der Waals surface area contributed by atoms with Crippen molar-refractivity contribution in [3.05, 3.63) is 59.1 Å². The molecule has 19 heavy (non-hydrogen) atoms. The van der Waals surface area contributed by atoms with E-state index in [1.54, 1.807) is 37.3 Å². The number of rotatable bonds is 1. The van der Waals surface area contributed by atoms with Gasteiger partial charge in [0.25, 0.3) is 0 Å². The highest BCUT2D eigenvalue weighted by Gasteiger charge is 2.12. The Kier molecular flexibility index (Phi) is 2.91. The van der Waals surface area contributed by atoms with Gasteiger partial charge in [0.1, 0.15) is 11.6 Å². The van der Waals surface area contributed by atoms with Gasteiger partial charge in [-0.3, -0.25) is 0 Å². The molecule has 1 heterocycles. The molecule has 0 saturated carbocycles. The summed E-state index contributed by atoms with van der Waals surface area (Å²) < 4.78 is 13.9. The van der Waals surface area contributed by atoms with Gasteiger partial charge in [-0.2, -0.15) is 0 Å². The largest absolute Gasteiger partial charge is 0.233 e. The Balaban J connectivity index is 2.40. The Morgan fingerprint density at radius 2 is 1.84 bits per heavy atom. The molecule has 2 nitrogen and oxygen atoms in total. The average molecular weight is 273 g/mol. The monoisotopic (exact) mass is 272 g/mol. The number of hydrogen-bond acceptors (Lipinski definition) is 2. The van der Waals surface area contributed by atoms with Crippen LogP contribution in [0.25, 0.3) is 22.2 Å². The van der Waals surface area contributed by atoms with Crippen molar-refractivity contribution in [1.29, 1.82) is 0 Å². The van der Waals surface area contributed by atoms with Gasteiger partial charge in [-0.15, -0.1) is 0 Å². The third kappa shape index (κ3) is 2.17. The van der Waals surface area contributed by atoms with E-state index < -0.39 is 0 Å². The SMILES string of the molecule is Cc1nc(-c2ccccc2F)c2cc(Cl)ccc2n1. The summed E-state index contributed by atoms with van der Waals surface area (Å²) in [6.07, 6.45) is 0. The molecule has 0 aliphatic heterocycles. The fourth-order valence-electron chi connectivity index (χ4n) is 2.08. The highest BCUT2D eigenvalue weighted by Crippen LogP contribution is 2.29. The second-order valence-electron chi connectivity index (χ2n) is 4.26. The van der Waals surface area contributed by atoms with Crippen molar-refractivity contribution in [2.45, 2.75) is 6.92 Å². The van der Waals surface area contributed by atoms with E-state index in [2.05, 4.69) is 9.97 Å². The molecule has 0 N–H and O–H groups in total. The Labute approximate surface area is 114 Å². The molecule has 3 aromatic rings. The predicted octanol–water partition coefficient (Wildman–Crippen LogP) is 4.40. The summed E-state index contributed by atoms with van der Waals surface area (Å²) >= 11 is 6.01. The van der Waals surface area contributed by atoms with Gasteiger partial charge in [0.15, 0.2) is 0 Å². The minimum absolute atomic E-state index is 0.304. The van der Waals surface area contributed by atoms with Crippen LogP contribution in [-0.4, -0.2) is 9.97 Å². The topological polar surface area (TPSA) is 25.8 Å². The molecular formula is C15H10ClFN2. The van der Waals surface area contributed by atoms with Crippen molar-refractivity contribution >= 4 is 22.5 Å². The molecule has 0 amide bonds. The summed E-state index contributed by atoms with van der Waals surface area (Å²) in [5, 5.41) is 1.33. The highest BCUT2D eigenvalue weighted by atomic mass is 35.5. The Morgan fingerprint density at radius 3 is 2.63 bits per heavy atom. The van der Waals surface area contributed by atoms with Gasteiger partial charge in [0.05, 0.1) is 11.2 Å². The summed E-state index contributed by atoms with van der Waals surface area (Å²) in [4.78, 5) is 8.70. The van der Waals surface area contributed by atoms with Crippen molar-refractivity contribution in [3.63, 3.8) is 0 Å². The van der Waals surface area contributed by atoms with E-state index in [4.69, 9.17) is 11.6 Å². The van der Waals surface area contributed by atoms with Crippen LogP contribution < -0.4 is 0 Å². The van der Waals surface area contributed by atoms with Gasteiger partial charge in [-0.25, -0.2) is 14.4 Å². The number of halogens is 2. The number of nitrogens with zero attached hydrogens (tertiary/aromatic N) is 2. The summed E-state index contributed by atoms with van der Waals surface area (Å²) in [6.45, 7) is 1.79. The number of aromatic nitrogens is 2. The minimum atomic E-state index is -0.304. The first-order valence-corrected chi connectivity index (χ1v) is 6.22. The lowest BCUT2D eigenvalue weighted by atomic mass is 10.1. The van der Waals surface area contributed by atoms with Crippen LogP contribution in [0.4, 0.5) is 4.39 Å². The Hall–Kier alpha value is -2.00. The molecule has 0 fully saturated rings. The molecule has 0 radical (unpaired) electrons. The third-order valence-corrected chi connectivity index (χ3v) is 3.13. The molecule has 0 spiro atoms. The van der Waals surface area contributed by atoms with E-state index >= 15 is 0 Å². The maximum atomic E-state index is 13.9. The molecular weight excluding hydrogens is 263 g/mol. The minimum Gasteiger partial charge on any atom is -0.233 e. The van der Waals surface area contributed by atoms with Crippen LogP contribution in [0.2, 0.25) is 5.02 Å². The average Bonchev–Trinajstić information content (AvgIpc) is 2.39. The molecule has 0 saturated heterocycles. The second-order valence-corrected chi connectivity index (χ2v) is 4.70. The Morgan fingerprint density at radius 1 is 1.05 bits per heavy atom. The molecule has 1 aromatic heterocycles. The summed E-state index contributed by atoms with van der Waals surface area (Å²) in [5.74, 6) is 0.301. The zero-order valence-electron chi connectivity index (χ0n) is 10.2. The molecule has 0 bridgehead atoms. The molecule has 0 aliphatic carbocycles. The van der Waals surface area contributed by atoms with Crippen molar-refractivity contribution in [1.82, 2.24) is 9.97 Å². The van der Waals surface area contributed by atoms with Crippen LogP contribution in [0.1, 0.15) is 5.82 Å².